The molecule has 1 atom stereocenters. The van der Waals surface area contributed by atoms with E-state index in [2.05, 4.69) is 4.98 Å². The van der Waals surface area contributed by atoms with E-state index in [4.69, 9.17) is 23.7 Å². The van der Waals surface area contributed by atoms with Crippen LogP contribution in [-0.2, 0) is 4.74 Å². The molecule has 1 heterocycles. The Hall–Kier alpha value is -2.99. The number of pyridine rings is 1. The minimum absolute atomic E-state index is 0.358. The molecule has 0 aliphatic carbocycles. The van der Waals surface area contributed by atoms with Crippen molar-refractivity contribution in [2.75, 3.05) is 35.5 Å². The van der Waals surface area contributed by atoms with Crippen molar-refractivity contribution in [3.05, 3.63) is 53.9 Å². The normalized spacial score (nSPS) is 11.9. The number of aromatic nitrogens is 1. The van der Waals surface area contributed by atoms with E-state index in [1.54, 1.807) is 47.9 Å². The van der Waals surface area contributed by atoms with Crippen LogP contribution < -0.4 is 18.9 Å². The molecule has 142 valence electrons. The molecule has 0 amide bonds. The lowest BCUT2D eigenvalue weighted by molar-refractivity contribution is 0.137. The first-order chi connectivity index (χ1) is 13.2. The highest BCUT2D eigenvalue weighted by Crippen LogP contribution is 2.40. The lowest BCUT2D eigenvalue weighted by atomic mass is 9.97. The molecule has 0 aliphatic heterocycles. The quantitative estimate of drug-likeness (QED) is 0.627. The van der Waals surface area contributed by atoms with Crippen LogP contribution in [0.15, 0.2) is 42.7 Å². The first-order valence-electron chi connectivity index (χ1n) is 8.41. The largest absolute Gasteiger partial charge is 0.497 e. The fourth-order valence-corrected chi connectivity index (χ4v) is 3.22. The van der Waals surface area contributed by atoms with Crippen molar-refractivity contribution in [3.63, 3.8) is 0 Å². The summed E-state index contributed by atoms with van der Waals surface area (Å²) in [6.45, 7) is 0. The molecule has 0 spiro atoms. The highest BCUT2D eigenvalue weighted by atomic mass is 16.5. The molecular weight excluding hydrogens is 346 g/mol. The second-order valence-corrected chi connectivity index (χ2v) is 5.89. The van der Waals surface area contributed by atoms with Crippen molar-refractivity contribution in [1.82, 2.24) is 4.98 Å². The summed E-state index contributed by atoms with van der Waals surface area (Å²) in [5.41, 5.74) is 1.81. The molecule has 2 aromatic carbocycles. The summed E-state index contributed by atoms with van der Waals surface area (Å²) in [6, 6.07) is 9.54. The molecule has 0 saturated carbocycles. The average Bonchev–Trinajstić information content (AvgIpc) is 2.73. The number of hydrogen-bond donors (Lipinski definition) is 0. The van der Waals surface area contributed by atoms with E-state index in [9.17, 15) is 0 Å². The Labute approximate surface area is 158 Å². The first-order valence-corrected chi connectivity index (χ1v) is 8.41. The van der Waals surface area contributed by atoms with Gasteiger partial charge in [-0.1, -0.05) is 0 Å². The van der Waals surface area contributed by atoms with Gasteiger partial charge in [0.1, 0.15) is 17.6 Å². The van der Waals surface area contributed by atoms with Crippen LogP contribution in [0.4, 0.5) is 0 Å². The van der Waals surface area contributed by atoms with Gasteiger partial charge in [-0.25, -0.2) is 0 Å². The minimum atomic E-state index is -0.358. The van der Waals surface area contributed by atoms with Crippen molar-refractivity contribution in [2.24, 2.45) is 0 Å². The topological polar surface area (TPSA) is 59.0 Å². The van der Waals surface area contributed by atoms with Crippen molar-refractivity contribution in [1.29, 1.82) is 0 Å². The number of rotatable bonds is 7. The van der Waals surface area contributed by atoms with E-state index in [-0.39, 0.29) is 6.10 Å². The van der Waals surface area contributed by atoms with Crippen LogP contribution in [0.5, 0.6) is 23.0 Å². The van der Waals surface area contributed by atoms with Gasteiger partial charge in [0.05, 0.1) is 28.4 Å². The Bertz CT molecular complexity index is 919. The molecule has 0 radical (unpaired) electrons. The van der Waals surface area contributed by atoms with Gasteiger partial charge < -0.3 is 23.7 Å². The molecule has 0 N–H and O–H groups in total. The number of ether oxygens (including phenoxy) is 5. The molecule has 6 nitrogen and oxygen atoms in total. The SMILES string of the molecule is COc1cc(OC)cc(C(OC)c2cncc3c(OC)c(OC)ccc23)c1. The predicted octanol–water partition coefficient (Wildman–Crippen LogP) is 4.01. The maximum Gasteiger partial charge on any atom is 0.170 e. The van der Waals surface area contributed by atoms with E-state index in [1.165, 1.54) is 0 Å². The van der Waals surface area contributed by atoms with Crippen LogP contribution in [-0.4, -0.2) is 40.5 Å². The minimum Gasteiger partial charge on any atom is -0.497 e. The highest BCUT2D eigenvalue weighted by Gasteiger charge is 2.21. The van der Waals surface area contributed by atoms with E-state index < -0.39 is 0 Å². The molecule has 1 aromatic heterocycles. The number of fused-ring (bicyclic) bond motifs is 1. The van der Waals surface area contributed by atoms with Crippen LogP contribution in [0.2, 0.25) is 0 Å². The number of nitrogens with zero attached hydrogens (tertiary/aromatic N) is 1. The second-order valence-electron chi connectivity index (χ2n) is 5.89. The highest BCUT2D eigenvalue weighted by molar-refractivity contribution is 5.92. The molecule has 0 fully saturated rings. The second kappa shape index (κ2) is 8.14. The molecule has 6 heteroatoms. The predicted molar refractivity (Wildman–Crippen MR) is 103 cm³/mol. The van der Waals surface area contributed by atoms with Crippen LogP contribution in [0.25, 0.3) is 10.8 Å². The third-order valence-corrected chi connectivity index (χ3v) is 4.51. The van der Waals surface area contributed by atoms with Gasteiger partial charge in [0.15, 0.2) is 11.5 Å². The zero-order valence-electron chi connectivity index (χ0n) is 16.1. The Morgan fingerprint density at radius 1 is 0.741 bits per heavy atom. The average molecular weight is 369 g/mol. The van der Waals surface area contributed by atoms with Crippen LogP contribution in [0.1, 0.15) is 17.2 Å². The molecule has 1 unspecified atom stereocenters. The standard InChI is InChI=1S/C21H23NO5/c1-23-14-8-13(9-15(10-14)24-2)20(26-4)17-11-22-12-18-16(17)6-7-19(25-3)21(18)27-5/h6-12,20H,1-5H3. The van der Waals surface area contributed by atoms with E-state index in [0.717, 1.165) is 21.9 Å². The number of hydrogen-bond acceptors (Lipinski definition) is 6. The van der Waals surface area contributed by atoms with Crippen molar-refractivity contribution in [2.45, 2.75) is 6.10 Å². The van der Waals surface area contributed by atoms with Gasteiger partial charge in [-0.2, -0.15) is 0 Å². The summed E-state index contributed by atoms with van der Waals surface area (Å²) < 4.78 is 27.6. The molecule has 27 heavy (non-hydrogen) atoms. The van der Waals surface area contributed by atoms with Crippen LogP contribution >= 0.6 is 0 Å². The fraction of sp³-hybridized carbons (Fsp3) is 0.286. The molecule has 0 saturated heterocycles. The van der Waals surface area contributed by atoms with Crippen LogP contribution in [0.3, 0.4) is 0 Å². The molecule has 0 bridgehead atoms. The molecule has 3 aromatic rings. The fourth-order valence-electron chi connectivity index (χ4n) is 3.22. The maximum absolute atomic E-state index is 5.84. The molecule has 0 aliphatic rings. The Morgan fingerprint density at radius 2 is 1.44 bits per heavy atom. The first kappa shape index (κ1) is 18.8. The lowest BCUT2D eigenvalue weighted by Gasteiger charge is -2.20. The van der Waals surface area contributed by atoms with Crippen LogP contribution in [0, 0.1) is 0 Å². The summed E-state index contributed by atoms with van der Waals surface area (Å²) in [6.07, 6.45) is 3.20. The molecule has 3 rings (SSSR count). The van der Waals surface area contributed by atoms with Crippen molar-refractivity contribution < 1.29 is 23.7 Å². The third kappa shape index (κ3) is 3.48. The zero-order valence-corrected chi connectivity index (χ0v) is 16.1. The Kier molecular flexibility index (Phi) is 5.66. The van der Waals surface area contributed by atoms with Gasteiger partial charge in [-0.15, -0.1) is 0 Å². The third-order valence-electron chi connectivity index (χ3n) is 4.51. The van der Waals surface area contributed by atoms with Gasteiger partial charge in [0.25, 0.3) is 0 Å². The lowest BCUT2D eigenvalue weighted by Crippen LogP contribution is -2.06. The summed E-state index contributed by atoms with van der Waals surface area (Å²) in [5.74, 6) is 2.68. The summed E-state index contributed by atoms with van der Waals surface area (Å²) in [4.78, 5) is 4.40. The van der Waals surface area contributed by atoms with E-state index in [0.29, 0.717) is 23.0 Å². The van der Waals surface area contributed by atoms with Crippen molar-refractivity contribution in [3.8, 4) is 23.0 Å². The van der Waals surface area contributed by atoms with Crippen molar-refractivity contribution >= 4 is 10.8 Å². The number of methoxy groups -OCH3 is 5. The summed E-state index contributed by atoms with van der Waals surface area (Å²) in [7, 11) is 8.14. The van der Waals surface area contributed by atoms with Gasteiger partial charge in [0, 0.05) is 36.5 Å². The Morgan fingerprint density at radius 3 is 2.00 bits per heavy atom. The van der Waals surface area contributed by atoms with Gasteiger partial charge >= 0.3 is 0 Å². The maximum atomic E-state index is 5.84. The summed E-state index contributed by atoms with van der Waals surface area (Å²) >= 11 is 0. The van der Waals surface area contributed by atoms with Gasteiger partial charge in [-0.05, 0) is 35.2 Å². The monoisotopic (exact) mass is 369 g/mol. The smallest absolute Gasteiger partial charge is 0.170 e. The number of benzene rings is 2. The zero-order chi connectivity index (χ0) is 19.4. The van der Waals surface area contributed by atoms with Gasteiger partial charge in [0.2, 0.25) is 0 Å². The van der Waals surface area contributed by atoms with E-state index >= 15 is 0 Å². The van der Waals surface area contributed by atoms with Gasteiger partial charge in [-0.3, -0.25) is 4.98 Å². The Balaban J connectivity index is 2.21. The summed E-state index contributed by atoms with van der Waals surface area (Å²) in [5, 5.41) is 1.82. The molecular formula is C21H23NO5. The van der Waals surface area contributed by atoms with E-state index in [1.807, 2.05) is 30.3 Å².